The first-order chi connectivity index (χ1) is 11.6. The second kappa shape index (κ2) is 7.09. The Morgan fingerprint density at radius 3 is 2.75 bits per heavy atom. The summed E-state index contributed by atoms with van der Waals surface area (Å²) in [5, 5.41) is 9.58. The summed E-state index contributed by atoms with van der Waals surface area (Å²) in [4.78, 5) is 5.24. The number of sulfone groups is 1. The molecule has 0 aliphatic carbocycles. The fourth-order valence-corrected chi connectivity index (χ4v) is 5.29. The Hall–Kier alpha value is -1.63. The van der Waals surface area contributed by atoms with E-state index in [-0.39, 0.29) is 12.4 Å². The van der Waals surface area contributed by atoms with Crippen LogP contribution in [0.5, 0.6) is 0 Å². The van der Waals surface area contributed by atoms with Crippen LogP contribution in [0.4, 0.5) is 0 Å². The zero-order valence-corrected chi connectivity index (χ0v) is 14.6. The van der Waals surface area contributed by atoms with Gasteiger partial charge in [0.25, 0.3) is 0 Å². The molecule has 1 aliphatic heterocycles. The summed E-state index contributed by atoms with van der Waals surface area (Å²) >= 11 is 0. The molecular weight excluding hydrogens is 324 g/mol. The summed E-state index contributed by atoms with van der Waals surface area (Å²) in [6, 6.07) is 5.78. The molecule has 1 fully saturated rings. The minimum atomic E-state index is -3.34. The largest absolute Gasteiger partial charge is 0.396 e. The van der Waals surface area contributed by atoms with Gasteiger partial charge in [0.2, 0.25) is 0 Å². The summed E-state index contributed by atoms with van der Waals surface area (Å²) in [5.41, 5.74) is 2.77. The maximum absolute atomic E-state index is 12.8. The molecule has 1 unspecified atom stereocenters. The summed E-state index contributed by atoms with van der Waals surface area (Å²) in [6.07, 6.45) is 5.96. The molecule has 3 rings (SSSR count). The van der Waals surface area contributed by atoms with E-state index in [4.69, 9.17) is 0 Å². The van der Waals surface area contributed by atoms with E-state index in [0.717, 1.165) is 48.0 Å². The van der Waals surface area contributed by atoms with Crippen molar-refractivity contribution >= 4 is 20.7 Å². The monoisotopic (exact) mass is 348 g/mol. The van der Waals surface area contributed by atoms with Crippen molar-refractivity contribution in [1.82, 2.24) is 9.88 Å². The molecule has 1 saturated heterocycles. The van der Waals surface area contributed by atoms with Gasteiger partial charge in [0.05, 0.1) is 5.75 Å². The number of H-pyrrole nitrogens is 1. The molecule has 2 heterocycles. The van der Waals surface area contributed by atoms with Crippen molar-refractivity contribution in [1.29, 1.82) is 0 Å². The standard InChI is InChI=1S/C18H24N2O3S/c1-2-11-24(22,23)18(20-8-3-4-9-20)14-5-6-17-16(12-14)15(7-10-21)13-19-17/h2,5-6,12-13,18-19,21H,1,3-4,7-11H2. The highest BCUT2D eigenvalue weighted by Crippen LogP contribution is 2.33. The topological polar surface area (TPSA) is 73.4 Å². The molecule has 1 atom stereocenters. The van der Waals surface area contributed by atoms with Crippen molar-refractivity contribution in [3.8, 4) is 0 Å². The fraction of sp³-hybridized carbons (Fsp3) is 0.444. The molecule has 24 heavy (non-hydrogen) atoms. The van der Waals surface area contributed by atoms with Gasteiger partial charge in [0, 0.05) is 23.7 Å². The molecule has 1 aliphatic rings. The lowest BCUT2D eigenvalue weighted by Crippen LogP contribution is -2.33. The van der Waals surface area contributed by atoms with E-state index < -0.39 is 15.2 Å². The summed E-state index contributed by atoms with van der Waals surface area (Å²) < 4.78 is 25.7. The van der Waals surface area contributed by atoms with E-state index in [9.17, 15) is 13.5 Å². The van der Waals surface area contributed by atoms with Crippen molar-refractivity contribution in [2.24, 2.45) is 0 Å². The van der Waals surface area contributed by atoms with Crippen LogP contribution in [0.3, 0.4) is 0 Å². The number of hydrogen-bond donors (Lipinski definition) is 2. The first-order valence-electron chi connectivity index (χ1n) is 8.34. The number of rotatable bonds is 7. The Labute approximate surface area is 142 Å². The average Bonchev–Trinajstić information content (AvgIpc) is 3.18. The second-order valence-corrected chi connectivity index (χ2v) is 8.41. The summed E-state index contributed by atoms with van der Waals surface area (Å²) in [5.74, 6) is -0.0250. The van der Waals surface area contributed by atoms with Crippen LogP contribution in [-0.2, 0) is 16.3 Å². The van der Waals surface area contributed by atoms with Crippen molar-refractivity contribution < 1.29 is 13.5 Å². The highest BCUT2D eigenvalue weighted by atomic mass is 32.2. The number of fused-ring (bicyclic) bond motifs is 1. The number of hydrogen-bond acceptors (Lipinski definition) is 4. The highest BCUT2D eigenvalue weighted by Gasteiger charge is 2.33. The fourth-order valence-electron chi connectivity index (χ4n) is 3.55. The lowest BCUT2D eigenvalue weighted by Gasteiger charge is -2.27. The van der Waals surface area contributed by atoms with E-state index in [1.54, 1.807) is 0 Å². The van der Waals surface area contributed by atoms with Crippen LogP contribution in [0.25, 0.3) is 10.9 Å². The Kier molecular flexibility index (Phi) is 5.08. The van der Waals surface area contributed by atoms with Crippen LogP contribution in [-0.4, -0.2) is 48.9 Å². The third kappa shape index (κ3) is 3.27. The van der Waals surface area contributed by atoms with E-state index >= 15 is 0 Å². The maximum Gasteiger partial charge on any atom is 0.174 e. The number of benzene rings is 1. The summed E-state index contributed by atoms with van der Waals surface area (Å²) in [6.45, 7) is 5.27. The predicted molar refractivity (Wildman–Crippen MR) is 96.6 cm³/mol. The molecule has 2 aromatic rings. The van der Waals surface area contributed by atoms with Gasteiger partial charge in [-0.05, 0) is 55.6 Å². The zero-order chi connectivity index (χ0) is 17.2. The minimum absolute atomic E-state index is 0.0250. The SMILES string of the molecule is C=CCS(=O)(=O)C(c1ccc2[nH]cc(CCO)c2c1)N1CCCC1. The normalized spacial score (nSPS) is 17.4. The third-order valence-electron chi connectivity index (χ3n) is 4.62. The Morgan fingerprint density at radius 1 is 1.33 bits per heavy atom. The lowest BCUT2D eigenvalue weighted by atomic mass is 10.1. The summed E-state index contributed by atoms with van der Waals surface area (Å²) in [7, 11) is -3.34. The number of nitrogens with one attached hydrogen (secondary N) is 1. The van der Waals surface area contributed by atoms with Crippen molar-refractivity contribution in [2.75, 3.05) is 25.4 Å². The number of nitrogens with zero attached hydrogens (tertiary/aromatic N) is 1. The Bertz CT molecular complexity index is 820. The maximum atomic E-state index is 12.8. The van der Waals surface area contributed by atoms with Crippen molar-refractivity contribution in [3.05, 3.63) is 48.2 Å². The van der Waals surface area contributed by atoms with Crippen molar-refractivity contribution in [3.63, 3.8) is 0 Å². The molecule has 1 aromatic carbocycles. The van der Waals surface area contributed by atoms with Gasteiger partial charge in [-0.2, -0.15) is 0 Å². The number of aliphatic hydroxyl groups is 1. The average molecular weight is 348 g/mol. The molecule has 1 aromatic heterocycles. The molecule has 0 spiro atoms. The van der Waals surface area contributed by atoms with E-state index in [1.165, 1.54) is 6.08 Å². The van der Waals surface area contributed by atoms with E-state index in [0.29, 0.717) is 6.42 Å². The molecule has 0 bridgehead atoms. The molecular formula is C18H24N2O3S. The molecule has 6 heteroatoms. The van der Waals surface area contributed by atoms with Gasteiger partial charge in [-0.15, -0.1) is 6.58 Å². The molecule has 130 valence electrons. The van der Waals surface area contributed by atoms with E-state index in [2.05, 4.69) is 16.5 Å². The number of aromatic nitrogens is 1. The van der Waals surface area contributed by atoms with Crippen molar-refractivity contribution in [2.45, 2.75) is 24.6 Å². The second-order valence-electron chi connectivity index (χ2n) is 6.31. The van der Waals surface area contributed by atoms with Gasteiger partial charge >= 0.3 is 0 Å². The van der Waals surface area contributed by atoms with Crippen LogP contribution < -0.4 is 0 Å². The molecule has 0 amide bonds. The quantitative estimate of drug-likeness (QED) is 0.754. The van der Waals surface area contributed by atoms with Gasteiger partial charge in [0.15, 0.2) is 9.84 Å². The lowest BCUT2D eigenvalue weighted by molar-refractivity contribution is 0.300. The minimum Gasteiger partial charge on any atom is -0.396 e. The predicted octanol–water partition coefficient (Wildman–Crippen LogP) is 2.40. The van der Waals surface area contributed by atoms with E-state index in [1.807, 2.05) is 24.4 Å². The van der Waals surface area contributed by atoms with Crippen LogP contribution in [0.15, 0.2) is 37.1 Å². The molecule has 2 N–H and O–H groups in total. The Balaban J connectivity index is 2.08. The number of likely N-dealkylation sites (tertiary alicyclic amines) is 1. The van der Waals surface area contributed by atoms with Gasteiger partial charge in [-0.25, -0.2) is 8.42 Å². The molecule has 5 nitrogen and oxygen atoms in total. The first-order valence-corrected chi connectivity index (χ1v) is 10.1. The Morgan fingerprint density at radius 2 is 2.08 bits per heavy atom. The van der Waals surface area contributed by atoms with Crippen LogP contribution in [0, 0.1) is 0 Å². The number of aromatic amines is 1. The van der Waals surface area contributed by atoms with Gasteiger partial charge in [-0.3, -0.25) is 4.90 Å². The molecule has 0 radical (unpaired) electrons. The smallest absolute Gasteiger partial charge is 0.174 e. The van der Waals surface area contributed by atoms with Crippen LogP contribution in [0.1, 0.15) is 29.3 Å². The van der Waals surface area contributed by atoms with Crippen LogP contribution >= 0.6 is 0 Å². The van der Waals surface area contributed by atoms with Gasteiger partial charge in [0.1, 0.15) is 5.37 Å². The van der Waals surface area contributed by atoms with Crippen LogP contribution in [0.2, 0.25) is 0 Å². The molecule has 0 saturated carbocycles. The zero-order valence-electron chi connectivity index (χ0n) is 13.7. The number of aliphatic hydroxyl groups excluding tert-OH is 1. The highest BCUT2D eigenvalue weighted by molar-refractivity contribution is 7.91. The third-order valence-corrected chi connectivity index (χ3v) is 6.57. The first kappa shape index (κ1) is 17.2. The van der Waals surface area contributed by atoms with Gasteiger partial charge < -0.3 is 10.1 Å². The van der Waals surface area contributed by atoms with Gasteiger partial charge in [-0.1, -0.05) is 12.1 Å².